The maximum atomic E-state index is 13.0. The minimum absolute atomic E-state index is 0.0221. The second kappa shape index (κ2) is 12.4. The number of halogens is 1. The number of methoxy groups -OCH3 is 1. The molecule has 3 N–H and O–H groups in total. The van der Waals surface area contributed by atoms with Gasteiger partial charge in [0.2, 0.25) is 5.91 Å². The molecule has 0 aliphatic heterocycles. The molecule has 2 amide bonds. The third-order valence-electron chi connectivity index (χ3n) is 3.84. The van der Waals surface area contributed by atoms with Crippen molar-refractivity contribution in [2.75, 3.05) is 31.0 Å². The first-order chi connectivity index (χ1) is 14.9. The third-order valence-corrected chi connectivity index (χ3v) is 4.05. The molecule has 2 rings (SSSR count). The Bertz CT molecular complexity index is 937. The van der Waals surface area contributed by atoms with Crippen LogP contribution >= 0.6 is 12.2 Å². The molecule has 2 aromatic carbocycles. The van der Waals surface area contributed by atoms with Crippen molar-refractivity contribution in [3.8, 4) is 0 Å². The zero-order valence-electron chi connectivity index (χ0n) is 16.8. The Hall–Kier alpha value is -3.37. The van der Waals surface area contributed by atoms with Crippen LogP contribution in [0.25, 0.3) is 0 Å². The molecule has 0 heterocycles. The summed E-state index contributed by atoms with van der Waals surface area (Å²) >= 11 is 5.09. The number of esters is 1. The van der Waals surface area contributed by atoms with E-state index in [0.717, 1.165) is 0 Å². The van der Waals surface area contributed by atoms with E-state index in [2.05, 4.69) is 16.0 Å². The standard InChI is InChI=1S/C21H22FN3O5S/c1-29-11-12-30-19(27)10-9-18(26)25-21(31)24-17-4-2-3-14(13-17)20(28)23-16-7-5-15(22)6-8-16/h2-8,13H,9-12H2,1H3,(H,23,28)(H2,24,25,26,31). The lowest BCUT2D eigenvalue weighted by atomic mass is 10.2. The van der Waals surface area contributed by atoms with Gasteiger partial charge in [-0.05, 0) is 54.7 Å². The molecule has 0 radical (unpaired) electrons. The van der Waals surface area contributed by atoms with Gasteiger partial charge in [-0.2, -0.15) is 0 Å². The van der Waals surface area contributed by atoms with Crippen LogP contribution in [0.4, 0.5) is 15.8 Å². The van der Waals surface area contributed by atoms with Gasteiger partial charge in [0.1, 0.15) is 12.4 Å². The number of rotatable bonds is 9. The van der Waals surface area contributed by atoms with Crippen LogP contribution < -0.4 is 16.0 Å². The van der Waals surface area contributed by atoms with Crippen LogP contribution in [0.1, 0.15) is 23.2 Å². The number of ether oxygens (including phenoxy) is 2. The van der Waals surface area contributed by atoms with E-state index in [1.807, 2.05) is 0 Å². The predicted octanol–water partition coefficient (Wildman–Crippen LogP) is 2.86. The summed E-state index contributed by atoms with van der Waals surface area (Å²) in [6.45, 7) is 0.412. The van der Waals surface area contributed by atoms with Gasteiger partial charge < -0.3 is 25.4 Å². The average molecular weight is 447 g/mol. The van der Waals surface area contributed by atoms with Gasteiger partial charge in [-0.3, -0.25) is 14.4 Å². The lowest BCUT2D eigenvalue weighted by Crippen LogP contribution is -2.34. The number of carbonyl (C=O) groups excluding carboxylic acids is 3. The topological polar surface area (TPSA) is 106 Å². The first-order valence-electron chi connectivity index (χ1n) is 9.30. The Morgan fingerprint density at radius 1 is 0.968 bits per heavy atom. The summed E-state index contributed by atoms with van der Waals surface area (Å²) in [7, 11) is 1.49. The average Bonchev–Trinajstić information content (AvgIpc) is 2.74. The van der Waals surface area contributed by atoms with E-state index in [9.17, 15) is 18.8 Å². The van der Waals surface area contributed by atoms with Crippen molar-refractivity contribution in [3.05, 3.63) is 59.9 Å². The van der Waals surface area contributed by atoms with Crippen molar-refractivity contribution in [1.29, 1.82) is 0 Å². The molecule has 0 unspecified atom stereocenters. The fraction of sp³-hybridized carbons (Fsp3) is 0.238. The Balaban J connectivity index is 1.82. The van der Waals surface area contributed by atoms with Gasteiger partial charge in [0.25, 0.3) is 5.91 Å². The minimum Gasteiger partial charge on any atom is -0.463 e. The molecule has 0 saturated carbocycles. The SMILES string of the molecule is COCCOC(=O)CCC(=O)NC(=S)Nc1cccc(C(=O)Nc2ccc(F)cc2)c1. The molecule has 0 saturated heterocycles. The number of hydrogen-bond acceptors (Lipinski definition) is 6. The highest BCUT2D eigenvalue weighted by molar-refractivity contribution is 7.80. The van der Waals surface area contributed by atoms with Crippen molar-refractivity contribution in [3.63, 3.8) is 0 Å². The van der Waals surface area contributed by atoms with Crippen LogP contribution in [-0.4, -0.2) is 43.2 Å². The van der Waals surface area contributed by atoms with E-state index in [-0.39, 0.29) is 31.2 Å². The second-order valence-corrected chi connectivity index (χ2v) is 6.67. The fourth-order valence-corrected chi connectivity index (χ4v) is 2.58. The number of nitrogens with one attached hydrogen (secondary N) is 3. The molecule has 0 fully saturated rings. The molecule has 31 heavy (non-hydrogen) atoms. The van der Waals surface area contributed by atoms with E-state index in [1.165, 1.54) is 31.4 Å². The van der Waals surface area contributed by atoms with E-state index in [4.69, 9.17) is 21.7 Å². The molecule has 2 aromatic rings. The molecule has 0 atom stereocenters. The van der Waals surface area contributed by atoms with E-state index >= 15 is 0 Å². The maximum Gasteiger partial charge on any atom is 0.306 e. The Kier molecular flexibility index (Phi) is 9.53. The monoisotopic (exact) mass is 447 g/mol. The summed E-state index contributed by atoms with van der Waals surface area (Å²) in [6.07, 6.45) is -0.176. The first kappa shape index (κ1) is 23.9. The molecule has 0 aliphatic rings. The maximum absolute atomic E-state index is 13.0. The molecular weight excluding hydrogens is 425 g/mol. The van der Waals surface area contributed by atoms with Crippen LogP contribution in [0.15, 0.2) is 48.5 Å². The number of benzene rings is 2. The lowest BCUT2D eigenvalue weighted by Gasteiger charge is -2.11. The van der Waals surface area contributed by atoms with Gasteiger partial charge in [-0.1, -0.05) is 6.07 Å². The quantitative estimate of drug-likeness (QED) is 0.308. The Morgan fingerprint density at radius 3 is 2.42 bits per heavy atom. The smallest absolute Gasteiger partial charge is 0.306 e. The van der Waals surface area contributed by atoms with Crippen LogP contribution in [-0.2, 0) is 19.1 Å². The Morgan fingerprint density at radius 2 is 1.71 bits per heavy atom. The molecule has 0 spiro atoms. The van der Waals surface area contributed by atoms with Crippen molar-refractivity contribution in [2.24, 2.45) is 0 Å². The molecule has 164 valence electrons. The minimum atomic E-state index is -0.508. The number of thiocarbonyl (C=S) groups is 1. The molecule has 0 aromatic heterocycles. The molecular formula is C21H22FN3O5S. The molecule has 10 heteroatoms. The highest BCUT2D eigenvalue weighted by Crippen LogP contribution is 2.14. The fourth-order valence-electron chi connectivity index (χ4n) is 2.35. The van der Waals surface area contributed by atoms with Gasteiger partial charge in [-0.25, -0.2) is 4.39 Å². The van der Waals surface area contributed by atoms with Crippen LogP contribution in [0.5, 0.6) is 0 Å². The van der Waals surface area contributed by atoms with E-state index in [1.54, 1.807) is 24.3 Å². The summed E-state index contributed by atoms with van der Waals surface area (Å²) in [5.41, 5.74) is 1.27. The first-order valence-corrected chi connectivity index (χ1v) is 9.70. The summed E-state index contributed by atoms with van der Waals surface area (Å²) in [5.74, 6) is -1.75. The summed E-state index contributed by atoms with van der Waals surface area (Å²) in [5, 5.41) is 7.94. The highest BCUT2D eigenvalue weighted by atomic mass is 32.1. The van der Waals surface area contributed by atoms with Gasteiger partial charge in [0.15, 0.2) is 5.11 Å². The van der Waals surface area contributed by atoms with E-state index in [0.29, 0.717) is 16.9 Å². The summed E-state index contributed by atoms with van der Waals surface area (Å²) in [4.78, 5) is 35.8. The van der Waals surface area contributed by atoms with E-state index < -0.39 is 23.6 Å². The normalized spacial score (nSPS) is 10.1. The molecule has 0 bridgehead atoms. The lowest BCUT2D eigenvalue weighted by molar-refractivity contribution is -0.146. The van der Waals surface area contributed by atoms with Crippen LogP contribution in [0, 0.1) is 5.82 Å². The van der Waals surface area contributed by atoms with Crippen molar-refractivity contribution in [2.45, 2.75) is 12.8 Å². The summed E-state index contributed by atoms with van der Waals surface area (Å²) < 4.78 is 22.6. The van der Waals surface area contributed by atoms with Crippen molar-refractivity contribution >= 4 is 46.5 Å². The van der Waals surface area contributed by atoms with Gasteiger partial charge in [-0.15, -0.1) is 0 Å². The largest absolute Gasteiger partial charge is 0.463 e. The highest BCUT2D eigenvalue weighted by Gasteiger charge is 2.11. The number of hydrogen-bond donors (Lipinski definition) is 3. The molecule has 8 nitrogen and oxygen atoms in total. The van der Waals surface area contributed by atoms with Gasteiger partial charge in [0, 0.05) is 30.5 Å². The zero-order chi connectivity index (χ0) is 22.6. The summed E-state index contributed by atoms with van der Waals surface area (Å²) in [6, 6.07) is 11.8. The van der Waals surface area contributed by atoms with Crippen LogP contribution in [0.3, 0.4) is 0 Å². The third kappa shape index (κ3) is 8.89. The number of carbonyl (C=O) groups is 3. The number of anilines is 2. The van der Waals surface area contributed by atoms with Gasteiger partial charge in [0.05, 0.1) is 13.0 Å². The van der Waals surface area contributed by atoms with Crippen molar-refractivity contribution in [1.82, 2.24) is 5.32 Å². The van der Waals surface area contributed by atoms with Crippen LogP contribution in [0.2, 0.25) is 0 Å². The van der Waals surface area contributed by atoms with Crippen molar-refractivity contribution < 1.29 is 28.2 Å². The second-order valence-electron chi connectivity index (χ2n) is 6.26. The molecule has 0 aliphatic carbocycles. The zero-order valence-corrected chi connectivity index (χ0v) is 17.6. The predicted molar refractivity (Wildman–Crippen MR) is 117 cm³/mol. The number of amides is 2. The van der Waals surface area contributed by atoms with Gasteiger partial charge >= 0.3 is 5.97 Å². The Labute approximate surface area is 184 Å².